The Morgan fingerprint density at radius 2 is 1.81 bits per heavy atom. The van der Waals surface area contributed by atoms with Gasteiger partial charge in [0.2, 0.25) is 0 Å². The van der Waals surface area contributed by atoms with E-state index in [1.54, 1.807) is 30.0 Å². The van der Waals surface area contributed by atoms with Crippen LogP contribution in [-0.4, -0.2) is 30.8 Å². The lowest BCUT2D eigenvalue weighted by atomic mass is 10.1. The van der Waals surface area contributed by atoms with E-state index in [0.29, 0.717) is 22.2 Å². The smallest absolute Gasteiger partial charge is 0.310 e. The predicted octanol–water partition coefficient (Wildman–Crippen LogP) is 4.30. The minimum Gasteiger partial charge on any atom is -0.455 e. The number of carbonyl (C=O) groups excluding carboxylic acids is 2. The summed E-state index contributed by atoms with van der Waals surface area (Å²) in [5.74, 6) is -0.0731. The van der Waals surface area contributed by atoms with Crippen molar-refractivity contribution < 1.29 is 14.3 Å². The lowest BCUT2D eigenvalue weighted by Gasteiger charge is -2.07. The molecule has 2 rings (SSSR count). The molecule has 0 heterocycles. The summed E-state index contributed by atoms with van der Waals surface area (Å²) < 4.78 is 4.97. The quantitative estimate of drug-likeness (QED) is 0.399. The highest BCUT2D eigenvalue weighted by Gasteiger charge is 2.09. The van der Waals surface area contributed by atoms with Crippen LogP contribution < -0.4 is 5.32 Å². The zero-order chi connectivity index (χ0) is 18.9. The number of aryl methyl sites for hydroxylation is 1. The van der Waals surface area contributed by atoms with E-state index in [2.05, 4.69) is 5.32 Å². The molecule has 0 spiro atoms. The SMILES string of the molecule is Cc1ccc(SCCNC(=O)COC(=O)Cc2ccc(Cl)c(Cl)c2)cc1. The molecule has 1 amide bonds. The van der Waals surface area contributed by atoms with Gasteiger partial charge in [-0.3, -0.25) is 9.59 Å². The maximum absolute atomic E-state index is 11.8. The van der Waals surface area contributed by atoms with Crippen molar-refractivity contribution in [1.82, 2.24) is 5.32 Å². The predicted molar refractivity (Wildman–Crippen MR) is 106 cm³/mol. The highest BCUT2D eigenvalue weighted by molar-refractivity contribution is 7.99. The Hall–Kier alpha value is -1.69. The Morgan fingerprint density at radius 1 is 1.08 bits per heavy atom. The average Bonchev–Trinajstić information content (AvgIpc) is 2.61. The number of nitrogens with one attached hydrogen (secondary N) is 1. The highest BCUT2D eigenvalue weighted by atomic mass is 35.5. The van der Waals surface area contributed by atoms with Crippen molar-refractivity contribution in [2.24, 2.45) is 0 Å². The molecule has 0 atom stereocenters. The number of rotatable bonds is 8. The van der Waals surface area contributed by atoms with Gasteiger partial charge in [0.25, 0.3) is 5.91 Å². The van der Waals surface area contributed by atoms with Gasteiger partial charge in [-0.2, -0.15) is 0 Å². The number of ether oxygens (including phenoxy) is 1. The van der Waals surface area contributed by atoms with E-state index in [1.165, 1.54) is 5.56 Å². The molecule has 0 saturated heterocycles. The van der Waals surface area contributed by atoms with Crippen molar-refractivity contribution in [3.8, 4) is 0 Å². The number of hydrogen-bond donors (Lipinski definition) is 1. The molecular weight excluding hydrogens is 393 g/mol. The fourth-order valence-electron chi connectivity index (χ4n) is 2.06. The van der Waals surface area contributed by atoms with Crippen molar-refractivity contribution >= 4 is 46.8 Å². The van der Waals surface area contributed by atoms with E-state index in [4.69, 9.17) is 27.9 Å². The second-order valence-electron chi connectivity index (χ2n) is 5.60. The van der Waals surface area contributed by atoms with E-state index in [-0.39, 0.29) is 18.9 Å². The van der Waals surface area contributed by atoms with Gasteiger partial charge in [-0.25, -0.2) is 0 Å². The minimum atomic E-state index is -0.493. The van der Waals surface area contributed by atoms with Crippen LogP contribution in [0.2, 0.25) is 10.0 Å². The topological polar surface area (TPSA) is 55.4 Å². The summed E-state index contributed by atoms with van der Waals surface area (Å²) in [6.07, 6.45) is 0.0352. The molecule has 0 bridgehead atoms. The van der Waals surface area contributed by atoms with Gasteiger partial charge in [0.1, 0.15) is 0 Å². The van der Waals surface area contributed by atoms with Crippen LogP contribution >= 0.6 is 35.0 Å². The molecule has 2 aromatic carbocycles. The molecular formula is C19H19Cl2NO3S. The lowest BCUT2D eigenvalue weighted by molar-refractivity contribution is -0.147. The van der Waals surface area contributed by atoms with Gasteiger partial charge < -0.3 is 10.1 Å². The Morgan fingerprint density at radius 3 is 2.50 bits per heavy atom. The normalized spacial score (nSPS) is 10.4. The Labute approximate surface area is 167 Å². The first-order chi connectivity index (χ1) is 12.4. The summed E-state index contributed by atoms with van der Waals surface area (Å²) in [7, 11) is 0. The van der Waals surface area contributed by atoms with Crippen molar-refractivity contribution in [2.75, 3.05) is 18.9 Å². The second kappa shape index (κ2) is 10.5. The third kappa shape index (κ3) is 7.28. The van der Waals surface area contributed by atoms with Crippen molar-refractivity contribution in [3.63, 3.8) is 0 Å². The molecule has 0 aromatic heterocycles. The number of amides is 1. The molecule has 138 valence electrons. The molecule has 7 heteroatoms. The molecule has 0 aliphatic carbocycles. The Balaban J connectivity index is 1.62. The number of hydrogen-bond acceptors (Lipinski definition) is 4. The van der Waals surface area contributed by atoms with Crippen LogP contribution in [0.1, 0.15) is 11.1 Å². The molecule has 0 aliphatic rings. The van der Waals surface area contributed by atoms with Crippen molar-refractivity contribution in [1.29, 1.82) is 0 Å². The molecule has 0 aliphatic heterocycles. The van der Waals surface area contributed by atoms with Gasteiger partial charge in [-0.1, -0.05) is 47.0 Å². The van der Waals surface area contributed by atoms with E-state index in [0.717, 1.165) is 10.6 Å². The minimum absolute atomic E-state index is 0.0352. The average molecular weight is 412 g/mol. The zero-order valence-electron chi connectivity index (χ0n) is 14.3. The first kappa shape index (κ1) is 20.6. The largest absolute Gasteiger partial charge is 0.455 e. The molecule has 0 saturated carbocycles. The third-order valence-corrected chi connectivity index (χ3v) is 5.16. The van der Waals surface area contributed by atoms with Gasteiger partial charge in [-0.05, 0) is 36.8 Å². The first-order valence-corrected chi connectivity index (χ1v) is 9.74. The lowest BCUT2D eigenvalue weighted by Crippen LogP contribution is -2.30. The number of halogens is 2. The van der Waals surface area contributed by atoms with E-state index < -0.39 is 5.97 Å². The number of thioether (sulfide) groups is 1. The number of benzene rings is 2. The van der Waals surface area contributed by atoms with E-state index in [1.807, 2.05) is 31.2 Å². The standard InChI is InChI=1S/C19H19Cl2NO3S/c1-13-2-5-15(6-3-13)26-9-8-22-18(23)12-25-19(24)11-14-4-7-16(20)17(21)10-14/h2-7,10H,8-9,11-12H2,1H3,(H,22,23). The van der Waals surface area contributed by atoms with Crippen LogP contribution in [-0.2, 0) is 20.7 Å². The molecule has 1 N–H and O–H groups in total. The maximum atomic E-state index is 11.8. The third-order valence-electron chi connectivity index (χ3n) is 3.41. The number of esters is 1. The summed E-state index contributed by atoms with van der Waals surface area (Å²) in [5, 5.41) is 3.52. The van der Waals surface area contributed by atoms with Crippen molar-refractivity contribution in [2.45, 2.75) is 18.2 Å². The van der Waals surface area contributed by atoms with Gasteiger partial charge >= 0.3 is 5.97 Å². The maximum Gasteiger partial charge on any atom is 0.310 e. The van der Waals surface area contributed by atoms with Gasteiger partial charge in [0, 0.05) is 17.2 Å². The van der Waals surface area contributed by atoms with Crippen molar-refractivity contribution in [3.05, 3.63) is 63.6 Å². The van der Waals surface area contributed by atoms with Crippen LogP contribution in [0, 0.1) is 6.92 Å². The van der Waals surface area contributed by atoms with Gasteiger partial charge in [0.05, 0.1) is 16.5 Å². The summed E-state index contributed by atoms with van der Waals surface area (Å²) in [5.41, 5.74) is 1.89. The highest BCUT2D eigenvalue weighted by Crippen LogP contribution is 2.22. The molecule has 0 unspecified atom stereocenters. The first-order valence-electron chi connectivity index (χ1n) is 8.00. The fraction of sp³-hybridized carbons (Fsp3) is 0.263. The Bertz CT molecular complexity index is 766. The molecule has 26 heavy (non-hydrogen) atoms. The summed E-state index contributed by atoms with van der Waals surface area (Å²) in [6, 6.07) is 13.1. The summed E-state index contributed by atoms with van der Waals surface area (Å²) in [4.78, 5) is 24.6. The Kier molecular flexibility index (Phi) is 8.29. The van der Waals surface area contributed by atoms with Gasteiger partial charge in [0.15, 0.2) is 6.61 Å². The van der Waals surface area contributed by atoms with Crippen LogP contribution in [0.3, 0.4) is 0 Å². The number of carbonyl (C=O) groups is 2. The molecule has 0 radical (unpaired) electrons. The van der Waals surface area contributed by atoms with Crippen LogP contribution in [0.4, 0.5) is 0 Å². The van der Waals surface area contributed by atoms with E-state index >= 15 is 0 Å². The molecule has 2 aromatic rings. The molecule has 4 nitrogen and oxygen atoms in total. The monoisotopic (exact) mass is 411 g/mol. The fourth-order valence-corrected chi connectivity index (χ4v) is 3.15. The molecule has 0 fully saturated rings. The summed E-state index contributed by atoms with van der Waals surface area (Å²) >= 11 is 13.4. The van der Waals surface area contributed by atoms with Crippen LogP contribution in [0.15, 0.2) is 47.4 Å². The second-order valence-corrected chi connectivity index (χ2v) is 7.58. The zero-order valence-corrected chi connectivity index (χ0v) is 16.6. The summed E-state index contributed by atoms with van der Waals surface area (Å²) in [6.45, 7) is 2.24. The van der Waals surface area contributed by atoms with Crippen LogP contribution in [0.25, 0.3) is 0 Å². The van der Waals surface area contributed by atoms with Crippen LogP contribution in [0.5, 0.6) is 0 Å². The van der Waals surface area contributed by atoms with E-state index in [9.17, 15) is 9.59 Å². The van der Waals surface area contributed by atoms with Gasteiger partial charge in [-0.15, -0.1) is 11.8 Å².